The molecule has 2 nitrogen and oxygen atoms in total. The van der Waals surface area contributed by atoms with Crippen LogP contribution in [0, 0.1) is 5.82 Å². The van der Waals surface area contributed by atoms with Gasteiger partial charge in [-0.15, -0.1) is 0 Å². The van der Waals surface area contributed by atoms with E-state index >= 15 is 0 Å². The minimum Gasteiger partial charge on any atom is -0.372 e. The lowest BCUT2D eigenvalue weighted by Crippen LogP contribution is -2.44. The van der Waals surface area contributed by atoms with E-state index in [4.69, 9.17) is 0 Å². The first-order valence-electron chi connectivity index (χ1n) is 4.36. The summed E-state index contributed by atoms with van der Waals surface area (Å²) < 4.78 is 12.9. The van der Waals surface area contributed by atoms with Crippen molar-refractivity contribution in [2.45, 2.75) is 19.1 Å². The highest BCUT2D eigenvalue weighted by Gasteiger charge is 2.28. The first-order valence-corrected chi connectivity index (χ1v) is 4.36. The van der Waals surface area contributed by atoms with E-state index in [2.05, 4.69) is 5.32 Å². The number of benzene rings is 1. The molecule has 1 aliphatic rings. The number of nitrogens with one attached hydrogen (secondary N) is 1. The van der Waals surface area contributed by atoms with Crippen LogP contribution < -0.4 is 5.32 Å². The average Bonchev–Trinajstić information content (AvgIpc) is 2.06. The van der Waals surface area contributed by atoms with Crippen LogP contribution in [0.25, 0.3) is 0 Å². The minimum absolute atomic E-state index is 0.303. The molecule has 1 atom stereocenters. The maximum Gasteiger partial charge on any atom is 0.139 e. The van der Waals surface area contributed by atoms with Crippen molar-refractivity contribution in [2.75, 3.05) is 6.54 Å². The summed E-state index contributed by atoms with van der Waals surface area (Å²) in [4.78, 5) is 0. The fourth-order valence-electron chi connectivity index (χ4n) is 1.76. The zero-order valence-electron chi connectivity index (χ0n) is 7.47. The number of rotatable bonds is 0. The average molecular weight is 181 g/mol. The Balaban J connectivity index is 2.55. The van der Waals surface area contributed by atoms with Crippen LogP contribution in [0.4, 0.5) is 4.39 Å². The molecule has 0 saturated carbocycles. The minimum atomic E-state index is -1.09. The summed E-state index contributed by atoms with van der Waals surface area (Å²) in [5.41, 5.74) is 0.583. The number of fused-ring (bicyclic) bond motifs is 1. The summed E-state index contributed by atoms with van der Waals surface area (Å²) in [7, 11) is 0. The Kier molecular flexibility index (Phi) is 1.86. The third kappa shape index (κ3) is 1.45. The van der Waals surface area contributed by atoms with Crippen molar-refractivity contribution in [1.29, 1.82) is 0 Å². The van der Waals surface area contributed by atoms with Gasteiger partial charge in [0.1, 0.15) is 11.5 Å². The molecule has 3 heteroatoms. The highest BCUT2D eigenvalue weighted by molar-refractivity contribution is 5.34. The molecular weight excluding hydrogens is 169 g/mol. The molecule has 0 aliphatic carbocycles. The van der Waals surface area contributed by atoms with E-state index in [0.29, 0.717) is 5.56 Å². The lowest BCUT2D eigenvalue weighted by atomic mass is 9.92. The Morgan fingerprint density at radius 2 is 2.31 bits per heavy atom. The second kappa shape index (κ2) is 2.79. The van der Waals surface area contributed by atoms with Gasteiger partial charge in [-0.1, -0.05) is 6.07 Å². The van der Waals surface area contributed by atoms with E-state index in [0.717, 1.165) is 18.5 Å². The van der Waals surface area contributed by atoms with Crippen LogP contribution in [0.5, 0.6) is 0 Å². The third-order valence-electron chi connectivity index (χ3n) is 2.46. The molecular formula is C10H12FNO. The molecule has 0 bridgehead atoms. The van der Waals surface area contributed by atoms with E-state index in [1.165, 1.54) is 12.1 Å². The van der Waals surface area contributed by atoms with Gasteiger partial charge in [0.15, 0.2) is 0 Å². The molecule has 1 aliphatic heterocycles. The van der Waals surface area contributed by atoms with Crippen molar-refractivity contribution < 1.29 is 9.50 Å². The molecule has 0 amide bonds. The predicted octanol–water partition coefficient (Wildman–Crippen LogP) is 1.14. The molecule has 0 spiro atoms. The van der Waals surface area contributed by atoms with E-state index in [9.17, 15) is 9.50 Å². The summed E-state index contributed by atoms with van der Waals surface area (Å²) in [6.07, 6.45) is 0.839. The van der Waals surface area contributed by atoms with Crippen LogP contribution in [0.3, 0.4) is 0 Å². The van der Waals surface area contributed by atoms with Gasteiger partial charge >= 0.3 is 0 Å². The predicted molar refractivity (Wildman–Crippen MR) is 47.7 cm³/mol. The van der Waals surface area contributed by atoms with Gasteiger partial charge in [0.2, 0.25) is 0 Å². The van der Waals surface area contributed by atoms with E-state index in [-0.39, 0.29) is 5.82 Å². The maximum atomic E-state index is 12.9. The summed E-state index contributed by atoms with van der Waals surface area (Å²) >= 11 is 0. The summed E-state index contributed by atoms with van der Waals surface area (Å²) in [6.45, 7) is 2.37. The molecule has 0 saturated heterocycles. The largest absolute Gasteiger partial charge is 0.372 e. The van der Waals surface area contributed by atoms with Gasteiger partial charge in [-0.3, -0.25) is 5.32 Å². The Bertz CT molecular complexity index is 336. The topological polar surface area (TPSA) is 32.3 Å². The molecule has 70 valence electrons. The molecule has 0 unspecified atom stereocenters. The second-order valence-electron chi connectivity index (χ2n) is 3.55. The molecule has 1 aromatic carbocycles. The Labute approximate surface area is 76.4 Å². The summed E-state index contributed by atoms with van der Waals surface area (Å²) in [5.74, 6) is -0.303. The van der Waals surface area contributed by atoms with Crippen LogP contribution in [0.15, 0.2) is 18.2 Å². The number of hydrogen-bond acceptors (Lipinski definition) is 2. The van der Waals surface area contributed by atoms with Gasteiger partial charge in [0, 0.05) is 12.1 Å². The van der Waals surface area contributed by atoms with Gasteiger partial charge < -0.3 is 5.11 Å². The van der Waals surface area contributed by atoms with Crippen LogP contribution in [0.2, 0.25) is 0 Å². The lowest BCUT2D eigenvalue weighted by molar-refractivity contribution is 0.0135. The van der Waals surface area contributed by atoms with Crippen molar-refractivity contribution >= 4 is 0 Å². The first-order chi connectivity index (χ1) is 6.09. The SMILES string of the molecule is C[C@@]1(O)NCCc2ccc(F)cc21. The fraction of sp³-hybridized carbons (Fsp3) is 0.400. The lowest BCUT2D eigenvalue weighted by Gasteiger charge is -2.32. The number of halogens is 1. The van der Waals surface area contributed by atoms with Crippen LogP contribution in [0.1, 0.15) is 18.1 Å². The van der Waals surface area contributed by atoms with Crippen molar-refractivity contribution in [2.24, 2.45) is 0 Å². The van der Waals surface area contributed by atoms with Crippen molar-refractivity contribution in [3.8, 4) is 0 Å². The smallest absolute Gasteiger partial charge is 0.139 e. The molecule has 13 heavy (non-hydrogen) atoms. The normalized spacial score (nSPS) is 27.0. The molecule has 0 aromatic heterocycles. The van der Waals surface area contributed by atoms with Crippen LogP contribution in [-0.2, 0) is 12.1 Å². The number of aliphatic hydroxyl groups is 1. The van der Waals surface area contributed by atoms with Crippen molar-refractivity contribution in [1.82, 2.24) is 5.32 Å². The molecule has 1 aromatic rings. The quantitative estimate of drug-likeness (QED) is 0.629. The highest BCUT2D eigenvalue weighted by atomic mass is 19.1. The Hall–Kier alpha value is -0.930. The summed E-state index contributed by atoms with van der Waals surface area (Å²) in [5, 5.41) is 12.8. The molecule has 0 fully saturated rings. The van der Waals surface area contributed by atoms with Gasteiger partial charge in [-0.25, -0.2) is 4.39 Å². The van der Waals surface area contributed by atoms with E-state index in [1.807, 2.05) is 0 Å². The van der Waals surface area contributed by atoms with Gasteiger partial charge in [-0.2, -0.15) is 0 Å². The number of hydrogen-bond donors (Lipinski definition) is 2. The molecule has 2 rings (SSSR count). The van der Waals surface area contributed by atoms with Crippen molar-refractivity contribution in [3.63, 3.8) is 0 Å². The molecule has 0 radical (unpaired) electrons. The van der Waals surface area contributed by atoms with Crippen molar-refractivity contribution in [3.05, 3.63) is 35.1 Å². The standard InChI is InChI=1S/C10H12FNO/c1-10(13)9-6-8(11)3-2-7(9)4-5-12-10/h2-3,6,12-13H,4-5H2,1H3/t10-/m0/s1. The maximum absolute atomic E-state index is 12.9. The fourth-order valence-corrected chi connectivity index (χ4v) is 1.76. The van der Waals surface area contributed by atoms with Gasteiger partial charge in [0.25, 0.3) is 0 Å². The van der Waals surface area contributed by atoms with Crippen LogP contribution in [-0.4, -0.2) is 11.7 Å². The van der Waals surface area contributed by atoms with Gasteiger partial charge in [-0.05, 0) is 31.0 Å². The third-order valence-corrected chi connectivity index (χ3v) is 2.46. The highest BCUT2D eigenvalue weighted by Crippen LogP contribution is 2.26. The Morgan fingerprint density at radius 3 is 3.08 bits per heavy atom. The first kappa shape index (κ1) is 8.66. The Morgan fingerprint density at radius 1 is 1.54 bits per heavy atom. The molecule has 1 heterocycles. The van der Waals surface area contributed by atoms with E-state index in [1.54, 1.807) is 13.0 Å². The second-order valence-corrected chi connectivity index (χ2v) is 3.55. The zero-order valence-corrected chi connectivity index (χ0v) is 7.47. The zero-order chi connectivity index (χ0) is 9.47. The van der Waals surface area contributed by atoms with E-state index < -0.39 is 5.72 Å². The monoisotopic (exact) mass is 181 g/mol. The molecule has 2 N–H and O–H groups in total. The van der Waals surface area contributed by atoms with Gasteiger partial charge in [0.05, 0.1) is 0 Å². The summed E-state index contributed by atoms with van der Waals surface area (Å²) in [6, 6.07) is 4.56. The van der Waals surface area contributed by atoms with Crippen LogP contribution >= 0.6 is 0 Å².